The second-order valence-electron chi connectivity index (χ2n) is 17.1. The molecule has 2 N–H and O–H groups in total. The molecular weight excluding hydrogens is 819 g/mol. The van der Waals surface area contributed by atoms with Gasteiger partial charge in [0.25, 0.3) is 5.69 Å². The molecule has 2 heterocycles. The third-order valence-corrected chi connectivity index (χ3v) is 13.0. The molecule has 1 saturated carbocycles. The van der Waals surface area contributed by atoms with Gasteiger partial charge in [-0.3, -0.25) is 14.9 Å². The van der Waals surface area contributed by atoms with Crippen LogP contribution in [0.5, 0.6) is 23.0 Å². The number of carbonyl (C=O) groups excluding carboxylic acids is 1. The second-order valence-corrected chi connectivity index (χ2v) is 17.1. The largest absolute Gasteiger partial charge is 0.497 e. The Balaban J connectivity index is 1.43. The SMILES string of the molecule is C=CCOC12Oc3ccc(Oc4cccc([N+](=O)[O-])c4)cc3C3C(CCCCO)C(CCCCO)C=C(C(=NOC4CCCCO4)CC1N(CCC)C(=O)Cc1cccc(OC)c1)C32. The molecule has 3 aromatic carbocycles. The van der Waals surface area contributed by atoms with E-state index in [-0.39, 0.29) is 62.0 Å². The molecule has 0 radical (unpaired) electrons. The number of ether oxygens (including phenoxy) is 5. The fraction of sp³-hybridized carbons (Fsp3) is 0.520. The van der Waals surface area contributed by atoms with Crippen molar-refractivity contribution in [2.75, 3.05) is 40.1 Å². The lowest BCUT2D eigenvalue weighted by molar-refractivity contribution is -0.384. The monoisotopic (exact) mass is 881 g/mol. The summed E-state index contributed by atoms with van der Waals surface area (Å²) in [4.78, 5) is 34.4. The van der Waals surface area contributed by atoms with Crippen molar-refractivity contribution in [1.29, 1.82) is 0 Å². The summed E-state index contributed by atoms with van der Waals surface area (Å²) in [5.41, 5.74) is 3.21. The Morgan fingerprint density at radius 3 is 2.53 bits per heavy atom. The number of oxime groups is 1. The summed E-state index contributed by atoms with van der Waals surface area (Å²) in [5.74, 6) is -0.268. The van der Waals surface area contributed by atoms with Gasteiger partial charge in [-0.25, -0.2) is 0 Å². The van der Waals surface area contributed by atoms with E-state index >= 15 is 0 Å². The number of nitro benzene ring substituents is 1. The molecule has 2 aliphatic carbocycles. The first-order chi connectivity index (χ1) is 31.2. The van der Waals surface area contributed by atoms with E-state index in [1.807, 2.05) is 48.2 Å². The van der Waals surface area contributed by atoms with E-state index in [4.69, 9.17) is 33.7 Å². The minimum Gasteiger partial charge on any atom is -0.497 e. The van der Waals surface area contributed by atoms with E-state index in [9.17, 15) is 25.1 Å². The van der Waals surface area contributed by atoms with Crippen LogP contribution in [0, 0.1) is 27.9 Å². The van der Waals surface area contributed by atoms with Crippen LogP contribution in [0.4, 0.5) is 5.69 Å². The Morgan fingerprint density at radius 2 is 1.80 bits per heavy atom. The molecule has 0 aromatic heterocycles. The van der Waals surface area contributed by atoms with Crippen LogP contribution in [0.1, 0.15) is 94.6 Å². The quantitative estimate of drug-likeness (QED) is 0.0427. The van der Waals surface area contributed by atoms with Crippen LogP contribution in [-0.2, 0) is 25.5 Å². The van der Waals surface area contributed by atoms with Gasteiger partial charge in [-0.2, -0.15) is 0 Å². The van der Waals surface area contributed by atoms with Gasteiger partial charge in [0.2, 0.25) is 18.0 Å². The van der Waals surface area contributed by atoms with Gasteiger partial charge in [-0.1, -0.05) is 55.3 Å². The summed E-state index contributed by atoms with van der Waals surface area (Å²) in [6, 6.07) is 18.6. The average Bonchev–Trinajstić information content (AvgIpc) is 3.31. The Labute approximate surface area is 376 Å². The Kier molecular flexibility index (Phi) is 16.1. The van der Waals surface area contributed by atoms with Crippen molar-refractivity contribution >= 4 is 17.3 Å². The predicted molar refractivity (Wildman–Crippen MR) is 242 cm³/mol. The van der Waals surface area contributed by atoms with Crippen molar-refractivity contribution in [3.8, 4) is 23.0 Å². The normalized spacial score (nSPS) is 25.2. The summed E-state index contributed by atoms with van der Waals surface area (Å²) in [6.45, 7) is 7.37. The number of rotatable bonds is 22. The van der Waals surface area contributed by atoms with Gasteiger partial charge in [0.05, 0.1) is 49.4 Å². The van der Waals surface area contributed by atoms with E-state index in [1.54, 1.807) is 31.4 Å². The van der Waals surface area contributed by atoms with Crippen LogP contribution >= 0.6 is 0 Å². The summed E-state index contributed by atoms with van der Waals surface area (Å²) in [6.07, 6.45) is 11.6. The van der Waals surface area contributed by atoms with Gasteiger partial charge < -0.3 is 43.6 Å². The molecule has 2 fully saturated rings. The molecule has 0 bridgehead atoms. The summed E-state index contributed by atoms with van der Waals surface area (Å²) >= 11 is 0. The van der Waals surface area contributed by atoms with Gasteiger partial charge in [0.15, 0.2) is 0 Å². The minimum absolute atomic E-state index is 0.00359. The lowest BCUT2D eigenvalue weighted by atomic mass is 9.55. The van der Waals surface area contributed by atoms with Crippen molar-refractivity contribution in [3.05, 3.63) is 112 Å². The summed E-state index contributed by atoms with van der Waals surface area (Å²) in [7, 11) is 1.61. The van der Waals surface area contributed by atoms with Crippen LogP contribution < -0.4 is 14.2 Å². The number of hydrogen-bond donors (Lipinski definition) is 2. The molecule has 64 heavy (non-hydrogen) atoms. The first-order valence-electron chi connectivity index (χ1n) is 22.9. The number of hydrogen-bond acceptors (Lipinski definition) is 12. The number of benzene rings is 3. The van der Waals surface area contributed by atoms with E-state index in [0.29, 0.717) is 67.5 Å². The number of nitrogens with zero attached hydrogens (tertiary/aromatic N) is 3. The fourth-order valence-electron chi connectivity index (χ4n) is 10.2. The van der Waals surface area contributed by atoms with E-state index < -0.39 is 29.0 Å². The number of fused-ring (bicyclic) bond motifs is 2. The van der Waals surface area contributed by atoms with Crippen LogP contribution in [0.15, 0.2) is 96.2 Å². The van der Waals surface area contributed by atoms with Crippen molar-refractivity contribution in [1.82, 2.24) is 4.90 Å². The zero-order chi connectivity index (χ0) is 45.1. The molecule has 344 valence electrons. The number of allylic oxidation sites excluding steroid dienone is 1. The molecule has 7 rings (SSSR count). The van der Waals surface area contributed by atoms with Crippen LogP contribution in [0.25, 0.3) is 0 Å². The smallest absolute Gasteiger partial charge is 0.273 e. The standard InChI is InChI=1S/C50H63N3O11/c1-4-23-52(46(56)29-34-14-12-17-37(28-34)59-3)45-33-43(51-64-47-20-8-11-27-60-47)41-30-35(15-6-9-24-54)40(19-7-10-25-55)48-42-32-39(62-38-18-13-16-36(31-38)53(57)58)21-22-44(42)63-50(45,49(41)48)61-26-5-2/h5,12-14,16-18,21-22,28,30-32,35,40,45,47-49,54-55H,2,4,6-11,15,19-20,23-27,29,33H2,1,3H3. The van der Waals surface area contributed by atoms with Gasteiger partial charge in [-0.05, 0) is 104 Å². The number of aliphatic hydroxyl groups is 2. The Bertz CT molecular complexity index is 2140. The molecule has 3 aromatic rings. The van der Waals surface area contributed by atoms with Crippen LogP contribution in [0.3, 0.4) is 0 Å². The maximum Gasteiger partial charge on any atom is 0.273 e. The molecule has 1 saturated heterocycles. The Hall–Kier alpha value is -5.28. The number of unbranched alkanes of at least 4 members (excludes halogenated alkanes) is 2. The molecule has 1 amide bonds. The highest BCUT2D eigenvalue weighted by Gasteiger charge is 2.65. The fourth-order valence-corrected chi connectivity index (χ4v) is 10.2. The molecule has 2 aliphatic heterocycles. The van der Waals surface area contributed by atoms with Crippen molar-refractivity contribution in [2.24, 2.45) is 22.9 Å². The number of methoxy groups -OCH3 is 1. The molecule has 14 heteroatoms. The van der Waals surface area contributed by atoms with Crippen LogP contribution in [-0.4, -0.2) is 89.9 Å². The van der Waals surface area contributed by atoms with Gasteiger partial charge in [0, 0.05) is 50.1 Å². The molecule has 4 aliphatic rings. The molecular formula is C50H63N3O11. The maximum absolute atomic E-state index is 15.0. The Morgan fingerprint density at radius 1 is 1.02 bits per heavy atom. The summed E-state index contributed by atoms with van der Waals surface area (Å²) < 4.78 is 32.4. The molecule has 14 nitrogen and oxygen atoms in total. The van der Waals surface area contributed by atoms with E-state index in [2.05, 4.69) is 12.7 Å². The van der Waals surface area contributed by atoms with Crippen molar-refractivity contribution in [2.45, 2.75) is 108 Å². The van der Waals surface area contributed by atoms with Crippen LogP contribution in [0.2, 0.25) is 0 Å². The highest BCUT2D eigenvalue weighted by atomic mass is 16.8. The number of non-ortho nitro benzene ring substituents is 1. The maximum atomic E-state index is 15.0. The first kappa shape index (κ1) is 46.7. The lowest BCUT2D eigenvalue weighted by Crippen LogP contribution is -2.70. The third kappa shape index (κ3) is 10.5. The molecule has 0 spiro atoms. The highest BCUT2D eigenvalue weighted by molar-refractivity contribution is 6.03. The van der Waals surface area contributed by atoms with Gasteiger partial charge in [-0.15, -0.1) is 6.58 Å². The van der Waals surface area contributed by atoms with Crippen molar-refractivity contribution in [3.63, 3.8) is 0 Å². The zero-order valence-electron chi connectivity index (χ0n) is 37.1. The zero-order valence-corrected chi connectivity index (χ0v) is 37.1. The van der Waals surface area contributed by atoms with Crippen molar-refractivity contribution < 1.29 is 48.5 Å². The summed E-state index contributed by atoms with van der Waals surface area (Å²) in [5, 5.41) is 36.6. The first-order valence-corrected chi connectivity index (χ1v) is 22.9. The lowest BCUT2D eigenvalue weighted by Gasteiger charge is -2.60. The van der Waals surface area contributed by atoms with Gasteiger partial charge in [0.1, 0.15) is 29.0 Å². The number of amides is 1. The van der Waals surface area contributed by atoms with Gasteiger partial charge >= 0.3 is 0 Å². The molecule has 7 atom stereocenters. The number of nitro groups is 1. The second kappa shape index (κ2) is 22.1. The van der Waals surface area contributed by atoms with E-state index in [1.165, 1.54) is 12.1 Å². The minimum atomic E-state index is -1.43. The molecule has 7 unspecified atom stereocenters. The number of aliphatic hydroxyl groups excluding tert-OH is 2. The third-order valence-electron chi connectivity index (χ3n) is 13.0. The number of carbonyl (C=O) groups is 1. The predicted octanol–water partition coefficient (Wildman–Crippen LogP) is 9.04. The topological polar surface area (TPSA) is 172 Å². The van der Waals surface area contributed by atoms with E-state index in [0.717, 1.165) is 55.2 Å². The highest BCUT2D eigenvalue weighted by Crippen LogP contribution is 2.62. The average molecular weight is 882 g/mol.